The first-order chi connectivity index (χ1) is 15.2. The van der Waals surface area contributed by atoms with Crippen molar-refractivity contribution in [1.29, 1.82) is 0 Å². The maximum atomic E-state index is 13.1. The largest absolute Gasteiger partial charge is 0.508 e. The SMILES string of the molecule is O=C(C[C@H](c1ccccc1)c1ccccc1O)NCC1(c2ccccc2)CCOCC1. The van der Waals surface area contributed by atoms with Crippen LogP contribution in [0.15, 0.2) is 84.9 Å². The lowest BCUT2D eigenvalue weighted by Gasteiger charge is -2.38. The molecule has 0 bridgehead atoms. The molecule has 3 aromatic carbocycles. The second-order valence-electron chi connectivity index (χ2n) is 8.26. The summed E-state index contributed by atoms with van der Waals surface area (Å²) in [5.74, 6) is -0.00185. The third-order valence-electron chi connectivity index (χ3n) is 6.36. The Hall–Kier alpha value is -3.11. The highest BCUT2D eigenvalue weighted by atomic mass is 16.5. The minimum atomic E-state index is -0.204. The highest BCUT2D eigenvalue weighted by Crippen LogP contribution is 2.36. The average Bonchev–Trinajstić information content (AvgIpc) is 2.83. The third-order valence-corrected chi connectivity index (χ3v) is 6.36. The van der Waals surface area contributed by atoms with Gasteiger partial charge in [0.2, 0.25) is 5.91 Å². The second kappa shape index (κ2) is 9.80. The van der Waals surface area contributed by atoms with E-state index in [-0.39, 0.29) is 29.4 Å². The number of nitrogens with one attached hydrogen (secondary N) is 1. The highest BCUT2D eigenvalue weighted by molar-refractivity contribution is 5.78. The zero-order chi connectivity index (χ0) is 21.5. The standard InChI is InChI=1S/C27H29NO3/c29-25-14-8-7-13-23(25)24(21-9-3-1-4-10-21)19-26(30)28-20-27(15-17-31-18-16-27)22-11-5-2-6-12-22/h1-14,24,29H,15-20H2,(H,28,30)/t24-/m1/s1. The number of phenols is 1. The van der Waals surface area contributed by atoms with Crippen LogP contribution in [-0.2, 0) is 14.9 Å². The molecule has 0 aliphatic carbocycles. The Balaban J connectivity index is 1.52. The molecular formula is C27H29NO3. The van der Waals surface area contributed by atoms with E-state index in [1.165, 1.54) is 5.56 Å². The summed E-state index contributed by atoms with van der Waals surface area (Å²) in [6, 6.07) is 27.6. The number of phenolic OH excluding ortho intramolecular Hbond substituents is 1. The third kappa shape index (κ3) is 4.97. The minimum absolute atomic E-state index is 0.0149. The molecule has 0 spiro atoms. The van der Waals surface area contributed by atoms with Crippen LogP contribution in [-0.4, -0.2) is 30.8 Å². The van der Waals surface area contributed by atoms with Gasteiger partial charge >= 0.3 is 0 Å². The molecule has 1 aliphatic heterocycles. The van der Waals surface area contributed by atoms with E-state index in [1.54, 1.807) is 12.1 Å². The number of benzene rings is 3. The van der Waals surface area contributed by atoms with Gasteiger partial charge in [-0.05, 0) is 30.0 Å². The summed E-state index contributed by atoms with van der Waals surface area (Å²) >= 11 is 0. The fourth-order valence-electron chi connectivity index (χ4n) is 4.52. The van der Waals surface area contributed by atoms with Crippen LogP contribution in [0.5, 0.6) is 5.75 Å². The smallest absolute Gasteiger partial charge is 0.220 e. The van der Waals surface area contributed by atoms with Crippen LogP contribution in [0, 0.1) is 0 Å². The molecule has 1 amide bonds. The molecule has 1 saturated heterocycles. The van der Waals surface area contributed by atoms with Crippen molar-refractivity contribution in [1.82, 2.24) is 5.32 Å². The lowest BCUT2D eigenvalue weighted by atomic mass is 9.74. The van der Waals surface area contributed by atoms with Gasteiger partial charge in [-0.15, -0.1) is 0 Å². The molecule has 3 aromatic rings. The van der Waals surface area contributed by atoms with E-state index in [0.717, 1.165) is 24.0 Å². The summed E-state index contributed by atoms with van der Waals surface area (Å²) < 4.78 is 5.61. The Morgan fingerprint density at radius 2 is 1.52 bits per heavy atom. The van der Waals surface area contributed by atoms with E-state index in [9.17, 15) is 9.90 Å². The van der Waals surface area contributed by atoms with E-state index < -0.39 is 0 Å². The number of para-hydroxylation sites is 1. The maximum Gasteiger partial charge on any atom is 0.220 e. The van der Waals surface area contributed by atoms with Gasteiger partial charge in [-0.3, -0.25) is 4.79 Å². The number of aromatic hydroxyl groups is 1. The molecule has 160 valence electrons. The highest BCUT2D eigenvalue weighted by Gasteiger charge is 2.35. The molecule has 4 nitrogen and oxygen atoms in total. The Labute approximate surface area is 183 Å². The Kier molecular flexibility index (Phi) is 6.68. The van der Waals surface area contributed by atoms with Gasteiger partial charge < -0.3 is 15.2 Å². The van der Waals surface area contributed by atoms with Crippen molar-refractivity contribution in [2.45, 2.75) is 30.6 Å². The van der Waals surface area contributed by atoms with Crippen LogP contribution >= 0.6 is 0 Å². The molecule has 1 heterocycles. The van der Waals surface area contributed by atoms with Gasteiger partial charge in [-0.25, -0.2) is 0 Å². The van der Waals surface area contributed by atoms with E-state index in [1.807, 2.05) is 48.5 Å². The number of carbonyl (C=O) groups excluding carboxylic acids is 1. The average molecular weight is 416 g/mol. The molecule has 31 heavy (non-hydrogen) atoms. The fourth-order valence-corrected chi connectivity index (χ4v) is 4.52. The summed E-state index contributed by atoms with van der Waals surface area (Å²) in [5, 5.41) is 13.6. The second-order valence-corrected chi connectivity index (χ2v) is 8.26. The summed E-state index contributed by atoms with van der Waals surface area (Å²) in [7, 11) is 0. The van der Waals surface area contributed by atoms with Crippen molar-refractivity contribution in [3.05, 3.63) is 102 Å². The van der Waals surface area contributed by atoms with Gasteiger partial charge in [-0.2, -0.15) is 0 Å². The Bertz CT molecular complexity index is 982. The van der Waals surface area contributed by atoms with Crippen molar-refractivity contribution in [3.8, 4) is 5.75 Å². The quantitative estimate of drug-likeness (QED) is 0.584. The van der Waals surface area contributed by atoms with Crippen LogP contribution < -0.4 is 5.32 Å². The first-order valence-electron chi connectivity index (χ1n) is 10.9. The summed E-state index contributed by atoms with van der Waals surface area (Å²) in [6.45, 7) is 1.99. The first-order valence-corrected chi connectivity index (χ1v) is 10.9. The zero-order valence-corrected chi connectivity index (χ0v) is 17.7. The van der Waals surface area contributed by atoms with E-state index >= 15 is 0 Å². The van der Waals surface area contributed by atoms with Crippen molar-refractivity contribution in [2.75, 3.05) is 19.8 Å². The first kappa shape index (κ1) is 21.1. The normalized spacial score (nSPS) is 16.4. The summed E-state index contributed by atoms with van der Waals surface area (Å²) in [4.78, 5) is 13.1. The number of rotatable bonds is 7. The monoisotopic (exact) mass is 415 g/mol. The van der Waals surface area contributed by atoms with Crippen molar-refractivity contribution in [2.24, 2.45) is 0 Å². The molecule has 0 saturated carbocycles. The van der Waals surface area contributed by atoms with E-state index in [2.05, 4.69) is 29.6 Å². The molecule has 0 aromatic heterocycles. The number of hydrogen-bond donors (Lipinski definition) is 2. The number of amides is 1. The van der Waals surface area contributed by atoms with Crippen LogP contribution in [0.25, 0.3) is 0 Å². The van der Waals surface area contributed by atoms with E-state index in [4.69, 9.17) is 4.74 Å². The number of ether oxygens (including phenoxy) is 1. The van der Waals surface area contributed by atoms with Gasteiger partial charge in [0.05, 0.1) is 0 Å². The molecule has 1 fully saturated rings. The fraction of sp³-hybridized carbons (Fsp3) is 0.296. The number of carbonyl (C=O) groups is 1. The van der Waals surface area contributed by atoms with Crippen LogP contribution in [0.2, 0.25) is 0 Å². The van der Waals surface area contributed by atoms with Crippen molar-refractivity contribution < 1.29 is 14.6 Å². The summed E-state index contributed by atoms with van der Waals surface area (Å²) in [6.07, 6.45) is 2.06. The lowest BCUT2D eigenvalue weighted by Crippen LogP contribution is -2.44. The van der Waals surface area contributed by atoms with Crippen LogP contribution in [0.3, 0.4) is 0 Å². The Morgan fingerprint density at radius 3 is 2.19 bits per heavy atom. The number of hydrogen-bond acceptors (Lipinski definition) is 3. The summed E-state index contributed by atoms with van der Waals surface area (Å²) in [5.41, 5.74) is 2.93. The Morgan fingerprint density at radius 1 is 0.903 bits per heavy atom. The van der Waals surface area contributed by atoms with Gasteiger partial charge in [0.1, 0.15) is 5.75 Å². The van der Waals surface area contributed by atoms with E-state index in [0.29, 0.717) is 19.8 Å². The van der Waals surface area contributed by atoms with Gasteiger partial charge in [0.15, 0.2) is 0 Å². The molecule has 2 N–H and O–H groups in total. The lowest BCUT2D eigenvalue weighted by molar-refractivity contribution is -0.121. The molecule has 4 heteroatoms. The topological polar surface area (TPSA) is 58.6 Å². The van der Waals surface area contributed by atoms with Gasteiger partial charge in [-0.1, -0.05) is 78.9 Å². The predicted molar refractivity (Wildman–Crippen MR) is 122 cm³/mol. The van der Waals surface area contributed by atoms with Gasteiger partial charge in [0.25, 0.3) is 0 Å². The van der Waals surface area contributed by atoms with Crippen molar-refractivity contribution in [3.63, 3.8) is 0 Å². The molecule has 0 unspecified atom stereocenters. The van der Waals surface area contributed by atoms with Crippen molar-refractivity contribution >= 4 is 5.91 Å². The molecule has 1 aliphatic rings. The molecule has 1 atom stereocenters. The zero-order valence-electron chi connectivity index (χ0n) is 17.7. The molecular weight excluding hydrogens is 386 g/mol. The predicted octanol–water partition coefficient (Wildman–Crippen LogP) is 4.78. The minimum Gasteiger partial charge on any atom is -0.508 e. The van der Waals surface area contributed by atoms with Crippen LogP contribution in [0.4, 0.5) is 0 Å². The van der Waals surface area contributed by atoms with Gasteiger partial charge in [0, 0.05) is 43.1 Å². The molecule has 0 radical (unpaired) electrons. The maximum absolute atomic E-state index is 13.1. The molecule has 4 rings (SSSR count). The van der Waals surface area contributed by atoms with Crippen LogP contribution in [0.1, 0.15) is 41.9 Å².